The summed E-state index contributed by atoms with van der Waals surface area (Å²) in [6, 6.07) is 1.19. The molecule has 0 unspecified atom stereocenters. The fourth-order valence-corrected chi connectivity index (χ4v) is 2.16. The largest absolute Gasteiger partial charge is 0.505 e. The molecule has 2 rings (SSSR count). The summed E-state index contributed by atoms with van der Waals surface area (Å²) < 4.78 is 26.4. The van der Waals surface area contributed by atoms with Crippen LogP contribution in [0.1, 0.15) is 11.6 Å². The first-order valence-electron chi connectivity index (χ1n) is 4.91. The highest BCUT2D eigenvalue weighted by Gasteiger charge is 2.23. The van der Waals surface area contributed by atoms with E-state index in [1.54, 1.807) is 0 Å². The van der Waals surface area contributed by atoms with Crippen molar-refractivity contribution in [1.82, 2.24) is 10.6 Å². The SMILES string of the molecule is Oc1c([C@@H]2CNCCN2)cc(Br)c(F)c1F. The highest BCUT2D eigenvalue weighted by atomic mass is 79.9. The van der Waals surface area contributed by atoms with Gasteiger partial charge in [-0.3, -0.25) is 0 Å². The second-order valence-electron chi connectivity index (χ2n) is 3.64. The Hall–Kier alpha value is -0.720. The maximum Gasteiger partial charge on any atom is 0.201 e. The summed E-state index contributed by atoms with van der Waals surface area (Å²) in [6.07, 6.45) is 0. The van der Waals surface area contributed by atoms with Crippen LogP contribution in [0.3, 0.4) is 0 Å². The summed E-state index contributed by atoms with van der Waals surface area (Å²) in [5.74, 6) is -2.90. The molecule has 3 N–H and O–H groups in total. The van der Waals surface area contributed by atoms with Gasteiger partial charge in [0.2, 0.25) is 5.82 Å². The maximum atomic E-state index is 13.3. The molecule has 88 valence electrons. The topological polar surface area (TPSA) is 44.3 Å². The van der Waals surface area contributed by atoms with Crippen molar-refractivity contribution in [2.75, 3.05) is 19.6 Å². The van der Waals surface area contributed by atoms with E-state index in [2.05, 4.69) is 26.6 Å². The minimum absolute atomic E-state index is 0.0187. The summed E-state index contributed by atoms with van der Waals surface area (Å²) in [5, 5.41) is 15.8. The molecule has 6 heteroatoms. The van der Waals surface area contributed by atoms with E-state index in [1.807, 2.05) is 0 Å². The third-order valence-electron chi connectivity index (χ3n) is 2.58. The number of hydrogen-bond acceptors (Lipinski definition) is 3. The van der Waals surface area contributed by atoms with E-state index in [-0.39, 0.29) is 10.5 Å². The van der Waals surface area contributed by atoms with Gasteiger partial charge in [0.05, 0.1) is 4.47 Å². The average Bonchev–Trinajstić information content (AvgIpc) is 2.32. The molecule has 1 fully saturated rings. The van der Waals surface area contributed by atoms with Crippen LogP contribution < -0.4 is 10.6 Å². The van der Waals surface area contributed by atoms with Crippen LogP contribution in [0.5, 0.6) is 5.75 Å². The Kier molecular flexibility index (Phi) is 3.41. The van der Waals surface area contributed by atoms with Crippen LogP contribution in [-0.4, -0.2) is 24.7 Å². The number of rotatable bonds is 1. The molecule has 0 spiro atoms. The van der Waals surface area contributed by atoms with E-state index in [0.29, 0.717) is 12.1 Å². The van der Waals surface area contributed by atoms with E-state index in [1.165, 1.54) is 6.07 Å². The van der Waals surface area contributed by atoms with Gasteiger partial charge in [0, 0.05) is 31.2 Å². The molecule has 0 radical (unpaired) electrons. The third-order valence-corrected chi connectivity index (χ3v) is 3.16. The Morgan fingerprint density at radius 1 is 1.31 bits per heavy atom. The molecular weight excluding hydrogens is 282 g/mol. The van der Waals surface area contributed by atoms with Crippen LogP contribution >= 0.6 is 15.9 Å². The molecule has 0 amide bonds. The molecule has 1 aromatic rings. The Morgan fingerprint density at radius 2 is 2.06 bits per heavy atom. The van der Waals surface area contributed by atoms with Gasteiger partial charge in [-0.15, -0.1) is 0 Å². The number of phenols is 1. The molecule has 1 heterocycles. The van der Waals surface area contributed by atoms with E-state index < -0.39 is 17.4 Å². The van der Waals surface area contributed by atoms with Crippen molar-refractivity contribution in [3.8, 4) is 5.75 Å². The molecule has 1 aromatic carbocycles. The molecule has 1 atom stereocenters. The van der Waals surface area contributed by atoms with Gasteiger partial charge in [-0.1, -0.05) is 0 Å². The molecule has 3 nitrogen and oxygen atoms in total. The minimum Gasteiger partial charge on any atom is -0.505 e. The van der Waals surface area contributed by atoms with Gasteiger partial charge in [-0.25, -0.2) is 4.39 Å². The first-order valence-corrected chi connectivity index (χ1v) is 5.71. The van der Waals surface area contributed by atoms with Crippen LogP contribution in [0, 0.1) is 11.6 Å². The number of hydrogen-bond donors (Lipinski definition) is 3. The van der Waals surface area contributed by atoms with E-state index >= 15 is 0 Å². The van der Waals surface area contributed by atoms with Crippen molar-refractivity contribution in [1.29, 1.82) is 0 Å². The zero-order chi connectivity index (χ0) is 11.7. The molecule has 0 aromatic heterocycles. The molecule has 1 saturated heterocycles. The summed E-state index contributed by atoms with van der Waals surface area (Å²) in [7, 11) is 0. The molecular formula is C10H11BrF2N2O. The van der Waals surface area contributed by atoms with Crippen LogP contribution in [0.2, 0.25) is 0 Å². The lowest BCUT2D eigenvalue weighted by molar-refractivity contribution is 0.373. The number of piperazine rings is 1. The van der Waals surface area contributed by atoms with E-state index in [4.69, 9.17) is 0 Å². The van der Waals surface area contributed by atoms with Crippen LogP contribution in [0.4, 0.5) is 8.78 Å². The molecule has 0 bridgehead atoms. The Bertz CT molecular complexity index is 408. The number of phenolic OH excluding ortho intramolecular Hbond substituents is 1. The fourth-order valence-electron chi connectivity index (χ4n) is 1.74. The van der Waals surface area contributed by atoms with Gasteiger partial charge in [0.25, 0.3) is 0 Å². The van der Waals surface area contributed by atoms with Gasteiger partial charge in [0.15, 0.2) is 11.6 Å². The van der Waals surface area contributed by atoms with Gasteiger partial charge in [-0.05, 0) is 22.0 Å². The highest BCUT2D eigenvalue weighted by molar-refractivity contribution is 9.10. The average molecular weight is 293 g/mol. The van der Waals surface area contributed by atoms with Crippen molar-refractivity contribution < 1.29 is 13.9 Å². The van der Waals surface area contributed by atoms with Crippen LogP contribution in [0.15, 0.2) is 10.5 Å². The van der Waals surface area contributed by atoms with Gasteiger partial charge >= 0.3 is 0 Å². The van der Waals surface area contributed by atoms with Crippen LogP contribution in [-0.2, 0) is 0 Å². The quantitative estimate of drug-likeness (QED) is 0.690. The van der Waals surface area contributed by atoms with Crippen LogP contribution in [0.25, 0.3) is 0 Å². The van der Waals surface area contributed by atoms with E-state index in [9.17, 15) is 13.9 Å². The molecule has 16 heavy (non-hydrogen) atoms. The fraction of sp³-hybridized carbons (Fsp3) is 0.400. The number of benzene rings is 1. The molecule has 0 aliphatic carbocycles. The van der Waals surface area contributed by atoms with Crippen molar-refractivity contribution in [3.63, 3.8) is 0 Å². The zero-order valence-electron chi connectivity index (χ0n) is 8.36. The lowest BCUT2D eigenvalue weighted by Crippen LogP contribution is -2.42. The van der Waals surface area contributed by atoms with Gasteiger partial charge in [0.1, 0.15) is 0 Å². The minimum atomic E-state index is -1.21. The zero-order valence-corrected chi connectivity index (χ0v) is 9.94. The predicted molar refractivity (Wildman–Crippen MR) is 59.3 cm³/mol. The number of halogens is 3. The lowest BCUT2D eigenvalue weighted by Gasteiger charge is -2.25. The Labute approximate surface area is 100.0 Å². The maximum absolute atomic E-state index is 13.3. The highest BCUT2D eigenvalue weighted by Crippen LogP contribution is 2.33. The lowest BCUT2D eigenvalue weighted by atomic mass is 10.0. The number of aromatic hydroxyl groups is 1. The number of nitrogens with one attached hydrogen (secondary N) is 2. The summed E-state index contributed by atoms with van der Waals surface area (Å²) in [6.45, 7) is 2.12. The van der Waals surface area contributed by atoms with Crippen molar-refractivity contribution in [2.24, 2.45) is 0 Å². The molecule has 0 saturated carbocycles. The van der Waals surface area contributed by atoms with E-state index in [0.717, 1.165) is 13.1 Å². The first kappa shape index (κ1) is 11.8. The van der Waals surface area contributed by atoms with Gasteiger partial charge in [-0.2, -0.15) is 4.39 Å². The smallest absolute Gasteiger partial charge is 0.201 e. The second-order valence-corrected chi connectivity index (χ2v) is 4.49. The first-order chi connectivity index (χ1) is 7.61. The monoisotopic (exact) mass is 292 g/mol. The Balaban J connectivity index is 2.40. The summed E-state index contributed by atoms with van der Waals surface area (Å²) in [5.41, 5.74) is 0.359. The summed E-state index contributed by atoms with van der Waals surface area (Å²) in [4.78, 5) is 0. The molecule has 1 aliphatic rings. The third kappa shape index (κ3) is 2.05. The summed E-state index contributed by atoms with van der Waals surface area (Å²) >= 11 is 2.92. The van der Waals surface area contributed by atoms with Crippen molar-refractivity contribution in [3.05, 3.63) is 27.7 Å². The second kappa shape index (κ2) is 4.65. The normalized spacial score (nSPS) is 21.1. The Morgan fingerprint density at radius 3 is 2.69 bits per heavy atom. The van der Waals surface area contributed by atoms with Crippen molar-refractivity contribution in [2.45, 2.75) is 6.04 Å². The molecule has 1 aliphatic heterocycles. The predicted octanol–water partition coefficient (Wildman–Crippen LogP) is 1.67. The van der Waals surface area contributed by atoms with Crippen molar-refractivity contribution >= 4 is 15.9 Å². The standard InChI is InChI=1S/C10H11BrF2N2O/c11-6-3-5(7-4-14-1-2-15-7)10(16)9(13)8(6)12/h3,7,14-16H,1-2,4H2/t7-/m0/s1. The van der Waals surface area contributed by atoms with Gasteiger partial charge < -0.3 is 15.7 Å².